The number of fused-ring (bicyclic) bond motifs is 1. The molecule has 0 spiro atoms. The number of nitrogens with two attached hydrogens (primary N) is 1. The maximum Gasteiger partial charge on any atom is 0.266 e. The molecule has 2 rings (SSSR count). The zero-order chi connectivity index (χ0) is 14.5. The molecule has 0 atom stereocenters. The topological polar surface area (TPSA) is 88.7 Å². The van der Waals surface area contributed by atoms with E-state index in [1.807, 2.05) is 0 Å². The third-order valence-corrected chi connectivity index (χ3v) is 4.09. The van der Waals surface area contributed by atoms with E-state index in [2.05, 4.69) is 4.98 Å². The van der Waals surface area contributed by atoms with Crippen LogP contribution in [0, 0.1) is 0 Å². The van der Waals surface area contributed by atoms with Gasteiger partial charge < -0.3 is 20.5 Å². The molecule has 20 heavy (non-hydrogen) atoms. The highest BCUT2D eigenvalue weighted by molar-refractivity contribution is 7.21. The average Bonchev–Trinajstić information content (AvgIpc) is 2.80. The Morgan fingerprint density at radius 1 is 1.55 bits per heavy atom. The smallest absolute Gasteiger partial charge is 0.266 e. The minimum atomic E-state index is -0.185. The summed E-state index contributed by atoms with van der Waals surface area (Å²) in [6.45, 7) is 0.996. The van der Waals surface area contributed by atoms with Gasteiger partial charge in [0.1, 0.15) is 4.88 Å². The molecule has 6 nitrogen and oxygen atoms in total. The fraction of sp³-hybridized carbons (Fsp3) is 0.385. The number of hydrogen-bond acceptors (Lipinski definition) is 6. The quantitative estimate of drug-likeness (QED) is 0.828. The fourth-order valence-corrected chi connectivity index (χ4v) is 2.97. The van der Waals surface area contributed by atoms with E-state index in [4.69, 9.17) is 15.6 Å². The maximum absolute atomic E-state index is 12.5. The molecule has 0 unspecified atom stereocenters. The molecule has 2 heterocycles. The van der Waals surface area contributed by atoms with Crippen molar-refractivity contribution >= 4 is 33.0 Å². The number of methoxy groups -OCH3 is 1. The van der Waals surface area contributed by atoms with Gasteiger partial charge in [-0.15, -0.1) is 11.3 Å². The van der Waals surface area contributed by atoms with Gasteiger partial charge in [0.05, 0.1) is 23.6 Å². The molecule has 0 saturated carbocycles. The molecule has 108 valence electrons. The predicted octanol–water partition coefficient (Wildman–Crippen LogP) is 0.959. The highest BCUT2D eigenvalue weighted by Gasteiger charge is 2.21. The molecule has 0 fully saturated rings. The third-order valence-electron chi connectivity index (χ3n) is 2.95. The number of anilines is 1. The normalized spacial score (nSPS) is 10.9. The summed E-state index contributed by atoms with van der Waals surface area (Å²) in [6.07, 6.45) is 3.34. The number of aliphatic hydroxyl groups is 1. The van der Waals surface area contributed by atoms with Crippen molar-refractivity contribution in [3.63, 3.8) is 0 Å². The number of hydrogen-bond donors (Lipinski definition) is 2. The van der Waals surface area contributed by atoms with Gasteiger partial charge in [0.2, 0.25) is 0 Å². The van der Waals surface area contributed by atoms with Crippen molar-refractivity contribution in [2.45, 2.75) is 0 Å². The van der Waals surface area contributed by atoms with E-state index in [0.29, 0.717) is 23.7 Å². The largest absolute Gasteiger partial charge is 0.397 e. The van der Waals surface area contributed by atoms with Crippen LogP contribution in [0.4, 0.5) is 5.69 Å². The number of aliphatic hydroxyl groups excluding tert-OH is 1. The first-order valence-corrected chi connectivity index (χ1v) is 7.01. The van der Waals surface area contributed by atoms with Gasteiger partial charge in [0.25, 0.3) is 5.91 Å². The second kappa shape index (κ2) is 6.65. The Kier molecular flexibility index (Phi) is 4.89. The summed E-state index contributed by atoms with van der Waals surface area (Å²) >= 11 is 1.32. The molecule has 2 aromatic rings. The summed E-state index contributed by atoms with van der Waals surface area (Å²) < 4.78 is 5.86. The Hall–Kier alpha value is -1.70. The Labute approximate surface area is 120 Å². The van der Waals surface area contributed by atoms with Gasteiger partial charge in [0.15, 0.2) is 0 Å². The van der Waals surface area contributed by atoms with Crippen LogP contribution in [0.5, 0.6) is 0 Å². The Morgan fingerprint density at radius 2 is 2.35 bits per heavy atom. The molecule has 0 radical (unpaired) electrons. The maximum atomic E-state index is 12.5. The predicted molar refractivity (Wildman–Crippen MR) is 78.9 cm³/mol. The number of pyridine rings is 1. The first kappa shape index (κ1) is 14.7. The van der Waals surface area contributed by atoms with Crippen LogP contribution >= 0.6 is 11.3 Å². The summed E-state index contributed by atoms with van der Waals surface area (Å²) in [5, 5.41) is 9.91. The van der Waals surface area contributed by atoms with Crippen LogP contribution in [0.1, 0.15) is 9.67 Å². The second-order valence-electron chi connectivity index (χ2n) is 4.23. The Bertz CT molecular complexity index is 600. The zero-order valence-corrected chi connectivity index (χ0v) is 12.0. The molecule has 0 aliphatic rings. The molecule has 0 saturated heterocycles. The number of aromatic nitrogens is 1. The van der Waals surface area contributed by atoms with E-state index in [0.717, 1.165) is 10.1 Å². The zero-order valence-electron chi connectivity index (χ0n) is 11.2. The van der Waals surface area contributed by atoms with Gasteiger partial charge >= 0.3 is 0 Å². The van der Waals surface area contributed by atoms with Crippen LogP contribution in [-0.2, 0) is 4.74 Å². The van der Waals surface area contributed by atoms with Crippen molar-refractivity contribution in [2.75, 3.05) is 39.1 Å². The summed E-state index contributed by atoms with van der Waals surface area (Å²) in [7, 11) is 1.57. The van der Waals surface area contributed by atoms with Crippen LogP contribution in [0.25, 0.3) is 10.1 Å². The number of carbonyl (C=O) groups excluding carboxylic acids is 1. The highest BCUT2D eigenvalue weighted by atomic mass is 32.1. The molecule has 2 aromatic heterocycles. The summed E-state index contributed by atoms with van der Waals surface area (Å²) in [5.74, 6) is -0.185. The minimum Gasteiger partial charge on any atom is -0.397 e. The molecule has 0 aliphatic heterocycles. The lowest BCUT2D eigenvalue weighted by molar-refractivity contribution is 0.0662. The van der Waals surface area contributed by atoms with Crippen LogP contribution in [0.2, 0.25) is 0 Å². The number of nitrogen functional groups attached to an aromatic ring is 1. The molecule has 3 N–H and O–H groups in total. The molecule has 7 heteroatoms. The molecular weight excluding hydrogens is 278 g/mol. The van der Waals surface area contributed by atoms with Crippen LogP contribution in [-0.4, -0.2) is 54.3 Å². The number of carbonyl (C=O) groups is 1. The average molecular weight is 295 g/mol. The van der Waals surface area contributed by atoms with Crippen molar-refractivity contribution in [1.29, 1.82) is 0 Å². The van der Waals surface area contributed by atoms with Gasteiger partial charge in [-0.1, -0.05) is 0 Å². The first-order valence-electron chi connectivity index (χ1n) is 6.20. The number of rotatable bonds is 6. The number of nitrogens with zero attached hydrogens (tertiary/aromatic N) is 2. The van der Waals surface area contributed by atoms with Crippen molar-refractivity contribution < 1.29 is 14.6 Å². The SMILES string of the molecule is COCCN(CCO)C(=O)c1sc2cnccc2c1N. The lowest BCUT2D eigenvalue weighted by Gasteiger charge is -2.20. The highest BCUT2D eigenvalue weighted by Crippen LogP contribution is 2.33. The molecular formula is C13H17N3O3S. The lowest BCUT2D eigenvalue weighted by Crippen LogP contribution is -2.36. The van der Waals surface area contributed by atoms with Gasteiger partial charge in [-0.3, -0.25) is 9.78 Å². The van der Waals surface area contributed by atoms with Crippen molar-refractivity contribution in [3.05, 3.63) is 23.3 Å². The van der Waals surface area contributed by atoms with Gasteiger partial charge in [-0.25, -0.2) is 0 Å². The summed E-state index contributed by atoms with van der Waals surface area (Å²) in [5.41, 5.74) is 6.51. The van der Waals surface area contributed by atoms with E-state index in [1.54, 1.807) is 25.6 Å². The van der Waals surface area contributed by atoms with Crippen LogP contribution < -0.4 is 5.73 Å². The number of amides is 1. The summed E-state index contributed by atoms with van der Waals surface area (Å²) in [4.78, 5) is 18.6. The van der Waals surface area contributed by atoms with E-state index >= 15 is 0 Å². The standard InChI is InChI=1S/C13H17N3O3S/c1-19-7-5-16(4-6-17)13(18)12-11(14)9-2-3-15-8-10(9)20-12/h2-3,8,17H,4-7,14H2,1H3. The van der Waals surface area contributed by atoms with Crippen LogP contribution in [0.3, 0.4) is 0 Å². The van der Waals surface area contributed by atoms with Gasteiger partial charge in [0, 0.05) is 38.0 Å². The first-order chi connectivity index (χ1) is 9.69. The van der Waals surface area contributed by atoms with Crippen LogP contribution in [0.15, 0.2) is 18.5 Å². The van der Waals surface area contributed by atoms with E-state index in [1.165, 1.54) is 16.2 Å². The minimum absolute atomic E-state index is 0.0954. The van der Waals surface area contributed by atoms with Gasteiger partial charge in [-0.05, 0) is 6.07 Å². The molecule has 0 bridgehead atoms. The monoisotopic (exact) mass is 295 g/mol. The van der Waals surface area contributed by atoms with Crippen molar-refractivity contribution in [2.24, 2.45) is 0 Å². The molecule has 1 amide bonds. The fourth-order valence-electron chi connectivity index (χ4n) is 1.91. The number of ether oxygens (including phenoxy) is 1. The van der Waals surface area contributed by atoms with Crippen molar-refractivity contribution in [1.82, 2.24) is 9.88 Å². The lowest BCUT2D eigenvalue weighted by atomic mass is 10.2. The van der Waals surface area contributed by atoms with E-state index in [9.17, 15) is 4.79 Å². The number of thiophene rings is 1. The second-order valence-corrected chi connectivity index (χ2v) is 5.28. The third kappa shape index (κ3) is 2.90. The molecule has 0 aliphatic carbocycles. The summed E-state index contributed by atoms with van der Waals surface area (Å²) in [6, 6.07) is 1.80. The van der Waals surface area contributed by atoms with Gasteiger partial charge in [-0.2, -0.15) is 0 Å². The Morgan fingerprint density at radius 3 is 3.00 bits per heavy atom. The Balaban J connectivity index is 2.30. The van der Waals surface area contributed by atoms with E-state index in [-0.39, 0.29) is 19.1 Å². The van der Waals surface area contributed by atoms with Crippen molar-refractivity contribution in [3.8, 4) is 0 Å². The van der Waals surface area contributed by atoms with E-state index < -0.39 is 0 Å². The molecule has 0 aromatic carbocycles.